The Bertz CT molecular complexity index is 284. The van der Waals surface area contributed by atoms with Gasteiger partial charge in [0.1, 0.15) is 0 Å². The fourth-order valence-corrected chi connectivity index (χ4v) is 2.89. The van der Waals surface area contributed by atoms with E-state index in [1.54, 1.807) is 0 Å². The van der Waals surface area contributed by atoms with E-state index in [0.29, 0.717) is 11.8 Å². The van der Waals surface area contributed by atoms with Gasteiger partial charge in [-0.2, -0.15) is 0 Å². The number of hydrogen-bond acceptors (Lipinski definition) is 3. The summed E-state index contributed by atoms with van der Waals surface area (Å²) in [6, 6.07) is 0. The van der Waals surface area contributed by atoms with Crippen LogP contribution >= 0.6 is 0 Å². The number of carbonyl (C=O) groups is 1. The van der Waals surface area contributed by atoms with Gasteiger partial charge >= 0.3 is 0 Å². The number of nitrogens with zero attached hydrogens (tertiary/aromatic N) is 2. The van der Waals surface area contributed by atoms with Gasteiger partial charge in [-0.3, -0.25) is 9.69 Å². The minimum Gasteiger partial charge on any atom is -0.340 e. The van der Waals surface area contributed by atoms with E-state index in [4.69, 9.17) is 0 Å². The Labute approximate surface area is 111 Å². The molecule has 0 saturated carbocycles. The van der Waals surface area contributed by atoms with E-state index < -0.39 is 0 Å². The summed E-state index contributed by atoms with van der Waals surface area (Å²) in [6.45, 7) is 12.7. The van der Waals surface area contributed by atoms with Gasteiger partial charge in [0, 0.05) is 38.1 Å². The number of carbonyl (C=O) groups excluding carboxylic acids is 1. The molecule has 2 aliphatic heterocycles. The molecule has 0 spiro atoms. The summed E-state index contributed by atoms with van der Waals surface area (Å²) in [5, 5.41) is 3.33. The molecule has 0 aliphatic carbocycles. The molecule has 1 N–H and O–H groups in total. The molecule has 2 heterocycles. The van der Waals surface area contributed by atoms with Crippen molar-refractivity contribution >= 4 is 5.91 Å². The van der Waals surface area contributed by atoms with Crippen molar-refractivity contribution in [1.29, 1.82) is 0 Å². The lowest BCUT2D eigenvalue weighted by atomic mass is 10.0. The van der Waals surface area contributed by atoms with Gasteiger partial charge in [0.05, 0.1) is 0 Å². The lowest BCUT2D eigenvalue weighted by Crippen LogP contribution is -2.54. The average molecular weight is 253 g/mol. The minimum atomic E-state index is 0.227. The Morgan fingerprint density at radius 2 is 1.89 bits per heavy atom. The molecule has 18 heavy (non-hydrogen) atoms. The third-order valence-electron chi connectivity index (χ3n) is 4.21. The maximum Gasteiger partial charge on any atom is 0.222 e. The molecule has 2 fully saturated rings. The standard InChI is InChI=1S/C14H27N3O/c1-14(2,3)17-8-6-16(7-9-17)13(18)10-12-4-5-15-11-12/h12,15H,4-11H2,1-3H3. The molecule has 0 aromatic carbocycles. The summed E-state index contributed by atoms with van der Waals surface area (Å²) in [6.07, 6.45) is 1.90. The van der Waals surface area contributed by atoms with Crippen LogP contribution in [0.15, 0.2) is 0 Å². The van der Waals surface area contributed by atoms with E-state index >= 15 is 0 Å². The van der Waals surface area contributed by atoms with Crippen molar-refractivity contribution < 1.29 is 4.79 Å². The summed E-state index contributed by atoms with van der Waals surface area (Å²) < 4.78 is 0. The van der Waals surface area contributed by atoms with Crippen LogP contribution in [0.25, 0.3) is 0 Å². The number of hydrogen-bond donors (Lipinski definition) is 1. The third-order valence-corrected chi connectivity index (χ3v) is 4.21. The van der Waals surface area contributed by atoms with Crippen LogP contribution in [-0.2, 0) is 4.79 Å². The second-order valence-corrected chi connectivity index (χ2v) is 6.60. The summed E-state index contributed by atoms with van der Waals surface area (Å²) in [5.74, 6) is 0.926. The lowest BCUT2D eigenvalue weighted by Gasteiger charge is -2.42. The molecule has 0 aromatic heterocycles. The highest BCUT2D eigenvalue weighted by atomic mass is 16.2. The van der Waals surface area contributed by atoms with E-state index in [1.165, 1.54) is 0 Å². The van der Waals surface area contributed by atoms with Gasteiger partial charge in [0.2, 0.25) is 5.91 Å². The van der Waals surface area contributed by atoms with Crippen LogP contribution in [0.5, 0.6) is 0 Å². The van der Waals surface area contributed by atoms with Crippen molar-refractivity contribution in [2.45, 2.75) is 39.2 Å². The number of amides is 1. The van der Waals surface area contributed by atoms with E-state index in [2.05, 4.69) is 35.9 Å². The molecule has 2 aliphatic rings. The summed E-state index contributed by atoms with van der Waals surface area (Å²) in [5.41, 5.74) is 0.227. The first-order valence-corrected chi connectivity index (χ1v) is 7.20. The quantitative estimate of drug-likeness (QED) is 0.795. The Morgan fingerprint density at radius 1 is 1.22 bits per heavy atom. The summed E-state index contributed by atoms with van der Waals surface area (Å²) in [7, 11) is 0. The van der Waals surface area contributed by atoms with Crippen LogP contribution in [0.2, 0.25) is 0 Å². The monoisotopic (exact) mass is 253 g/mol. The van der Waals surface area contributed by atoms with Crippen LogP contribution in [0, 0.1) is 5.92 Å². The summed E-state index contributed by atoms with van der Waals surface area (Å²) in [4.78, 5) is 16.7. The van der Waals surface area contributed by atoms with E-state index in [0.717, 1.165) is 52.1 Å². The fourth-order valence-electron chi connectivity index (χ4n) is 2.89. The zero-order valence-corrected chi connectivity index (χ0v) is 12.0. The van der Waals surface area contributed by atoms with E-state index in [1.807, 2.05) is 0 Å². The van der Waals surface area contributed by atoms with Crippen LogP contribution in [0.3, 0.4) is 0 Å². The Kier molecular flexibility index (Phi) is 4.28. The van der Waals surface area contributed by atoms with E-state index in [-0.39, 0.29) is 5.54 Å². The van der Waals surface area contributed by atoms with Crippen LogP contribution in [0.1, 0.15) is 33.6 Å². The maximum absolute atomic E-state index is 12.2. The molecule has 4 nitrogen and oxygen atoms in total. The normalized spacial score (nSPS) is 26.6. The van der Waals surface area contributed by atoms with Gasteiger partial charge in [-0.25, -0.2) is 0 Å². The topological polar surface area (TPSA) is 35.6 Å². The SMILES string of the molecule is CC(C)(C)N1CCN(C(=O)CC2CCNC2)CC1. The van der Waals surface area contributed by atoms with Gasteiger partial charge in [0.15, 0.2) is 0 Å². The molecular formula is C14H27N3O. The highest BCUT2D eigenvalue weighted by Crippen LogP contribution is 2.18. The molecule has 4 heteroatoms. The number of piperazine rings is 1. The van der Waals surface area contributed by atoms with Crippen LogP contribution in [-0.4, -0.2) is 60.5 Å². The molecule has 0 bridgehead atoms. The zero-order chi connectivity index (χ0) is 13.2. The van der Waals surface area contributed by atoms with Crippen molar-refractivity contribution in [1.82, 2.24) is 15.1 Å². The van der Waals surface area contributed by atoms with Gasteiger partial charge in [0.25, 0.3) is 0 Å². The number of nitrogens with one attached hydrogen (secondary N) is 1. The highest BCUT2D eigenvalue weighted by molar-refractivity contribution is 5.76. The van der Waals surface area contributed by atoms with Crippen molar-refractivity contribution in [2.24, 2.45) is 5.92 Å². The first-order valence-electron chi connectivity index (χ1n) is 7.20. The smallest absolute Gasteiger partial charge is 0.222 e. The second kappa shape index (κ2) is 5.57. The van der Waals surface area contributed by atoms with Crippen molar-refractivity contribution in [3.8, 4) is 0 Å². The second-order valence-electron chi connectivity index (χ2n) is 6.60. The van der Waals surface area contributed by atoms with Gasteiger partial charge < -0.3 is 10.2 Å². The van der Waals surface area contributed by atoms with Crippen LogP contribution in [0.4, 0.5) is 0 Å². The molecular weight excluding hydrogens is 226 g/mol. The molecule has 1 unspecified atom stereocenters. The largest absolute Gasteiger partial charge is 0.340 e. The third kappa shape index (κ3) is 3.45. The fraction of sp³-hybridized carbons (Fsp3) is 0.929. The number of rotatable bonds is 2. The van der Waals surface area contributed by atoms with Crippen molar-refractivity contribution in [3.05, 3.63) is 0 Å². The van der Waals surface area contributed by atoms with Gasteiger partial charge in [-0.15, -0.1) is 0 Å². The molecule has 1 atom stereocenters. The highest BCUT2D eigenvalue weighted by Gasteiger charge is 2.29. The first-order chi connectivity index (χ1) is 8.47. The van der Waals surface area contributed by atoms with E-state index in [9.17, 15) is 4.79 Å². The maximum atomic E-state index is 12.2. The Hall–Kier alpha value is -0.610. The Balaban J connectivity index is 1.76. The van der Waals surface area contributed by atoms with Crippen molar-refractivity contribution in [3.63, 3.8) is 0 Å². The molecule has 2 rings (SSSR count). The molecule has 0 aromatic rings. The first kappa shape index (κ1) is 13.8. The molecule has 1 amide bonds. The zero-order valence-electron chi connectivity index (χ0n) is 12.0. The van der Waals surface area contributed by atoms with Gasteiger partial charge in [-0.1, -0.05) is 0 Å². The summed E-state index contributed by atoms with van der Waals surface area (Å²) >= 11 is 0. The van der Waals surface area contributed by atoms with Crippen molar-refractivity contribution in [2.75, 3.05) is 39.3 Å². The Morgan fingerprint density at radius 3 is 2.39 bits per heavy atom. The average Bonchev–Trinajstić information content (AvgIpc) is 2.81. The molecule has 2 saturated heterocycles. The minimum absolute atomic E-state index is 0.227. The van der Waals surface area contributed by atoms with Crippen LogP contribution < -0.4 is 5.32 Å². The lowest BCUT2D eigenvalue weighted by molar-refractivity contribution is -0.134. The predicted octanol–water partition coefficient (Wildman–Crippen LogP) is 0.929. The predicted molar refractivity (Wildman–Crippen MR) is 73.5 cm³/mol. The van der Waals surface area contributed by atoms with Gasteiger partial charge in [-0.05, 0) is 46.2 Å². The molecule has 0 radical (unpaired) electrons. The molecule has 104 valence electrons.